The summed E-state index contributed by atoms with van der Waals surface area (Å²) in [7, 11) is 0. The number of nitrogens with zero attached hydrogens (tertiary/aromatic N) is 5. The van der Waals surface area contributed by atoms with E-state index in [4.69, 9.17) is 9.57 Å². The molecule has 0 saturated heterocycles. The third-order valence-corrected chi connectivity index (χ3v) is 8.74. The number of aliphatic hydroxyl groups is 2. The summed E-state index contributed by atoms with van der Waals surface area (Å²) in [5.74, 6) is 0.940. The van der Waals surface area contributed by atoms with E-state index in [-0.39, 0.29) is 17.7 Å². The molecule has 1 aliphatic carbocycles. The number of hydrogen-bond donors (Lipinski definition) is 3. The zero-order valence-corrected chi connectivity index (χ0v) is 25.6. The molecule has 1 fully saturated rings. The minimum atomic E-state index is -2.12. The fourth-order valence-corrected chi connectivity index (χ4v) is 6.28. The third-order valence-electron chi connectivity index (χ3n) is 8.74. The van der Waals surface area contributed by atoms with Gasteiger partial charge in [-0.25, -0.2) is 13.3 Å². The van der Waals surface area contributed by atoms with Crippen molar-refractivity contribution in [2.24, 2.45) is 5.16 Å². The van der Waals surface area contributed by atoms with E-state index in [9.17, 15) is 23.8 Å². The zero-order valence-electron chi connectivity index (χ0n) is 25.6. The summed E-state index contributed by atoms with van der Waals surface area (Å²) < 4.78 is 35.3. The highest BCUT2D eigenvalue weighted by molar-refractivity contribution is 6.04. The third kappa shape index (κ3) is 6.39. The number of rotatable bonds is 12. The average molecular weight is 637 g/mol. The summed E-state index contributed by atoms with van der Waals surface area (Å²) in [5, 5.41) is 30.9. The van der Waals surface area contributed by atoms with Crippen LogP contribution in [0.2, 0.25) is 0 Å². The number of ether oxygens (including phenoxy) is 1. The Hall–Kier alpha value is -4.20. The second-order valence-electron chi connectivity index (χ2n) is 12.0. The van der Waals surface area contributed by atoms with Crippen molar-refractivity contribution in [1.82, 2.24) is 24.5 Å². The van der Waals surface area contributed by atoms with Crippen LogP contribution >= 0.6 is 0 Å². The van der Waals surface area contributed by atoms with Crippen molar-refractivity contribution in [3.8, 4) is 11.1 Å². The van der Waals surface area contributed by atoms with Crippen molar-refractivity contribution in [3.05, 3.63) is 87.6 Å². The van der Waals surface area contributed by atoms with Gasteiger partial charge in [0.15, 0.2) is 5.84 Å². The molecular formula is C33H38F2N6O5. The van der Waals surface area contributed by atoms with Crippen LogP contribution in [0.3, 0.4) is 0 Å². The summed E-state index contributed by atoms with van der Waals surface area (Å²) in [6, 6.07) is 15.6. The van der Waals surface area contributed by atoms with Gasteiger partial charge in [0.2, 0.25) is 5.78 Å². The fraction of sp³-hybridized carbons (Fsp3) is 0.455. The normalized spacial score (nSPS) is 20.0. The summed E-state index contributed by atoms with van der Waals surface area (Å²) in [4.78, 5) is 23.7. The molecule has 2 aromatic heterocycles. The molecule has 1 saturated carbocycles. The number of benzene rings is 2. The van der Waals surface area contributed by atoms with Crippen molar-refractivity contribution in [3.63, 3.8) is 0 Å². The van der Waals surface area contributed by atoms with Gasteiger partial charge in [-0.15, -0.1) is 0 Å². The molecule has 1 aliphatic heterocycles. The van der Waals surface area contributed by atoms with E-state index >= 15 is 0 Å². The van der Waals surface area contributed by atoms with E-state index in [1.807, 2.05) is 48.5 Å². The van der Waals surface area contributed by atoms with Crippen LogP contribution in [0.25, 0.3) is 16.9 Å². The van der Waals surface area contributed by atoms with Crippen molar-refractivity contribution < 1.29 is 28.6 Å². The lowest BCUT2D eigenvalue weighted by Crippen LogP contribution is -2.41. The van der Waals surface area contributed by atoms with Gasteiger partial charge < -0.3 is 25.1 Å². The van der Waals surface area contributed by atoms with Crippen molar-refractivity contribution in [2.45, 2.75) is 76.0 Å². The van der Waals surface area contributed by atoms with Gasteiger partial charge in [-0.2, -0.15) is 10.1 Å². The molecule has 4 aromatic rings. The predicted molar refractivity (Wildman–Crippen MR) is 167 cm³/mol. The van der Waals surface area contributed by atoms with Crippen LogP contribution < -0.4 is 10.9 Å². The molecule has 6 rings (SSSR count). The summed E-state index contributed by atoms with van der Waals surface area (Å²) in [5.41, 5.74) is 2.89. The maximum atomic E-state index is 14.3. The van der Waals surface area contributed by atoms with E-state index in [1.54, 1.807) is 9.08 Å². The van der Waals surface area contributed by atoms with Gasteiger partial charge in [0, 0.05) is 23.6 Å². The van der Waals surface area contributed by atoms with Gasteiger partial charge in [-0.05, 0) is 48.8 Å². The second kappa shape index (κ2) is 13.7. The Morgan fingerprint density at radius 2 is 1.78 bits per heavy atom. The second-order valence-corrected chi connectivity index (χ2v) is 12.0. The average Bonchev–Trinajstić information content (AvgIpc) is 3.75. The zero-order chi connectivity index (χ0) is 32.3. The minimum absolute atomic E-state index is 0.101. The number of fused-ring (bicyclic) bond motifs is 1. The number of nitrogens with one attached hydrogen (secondary N) is 1. The van der Waals surface area contributed by atoms with Crippen LogP contribution in [0, 0.1) is 0 Å². The lowest BCUT2D eigenvalue weighted by molar-refractivity contribution is -0.102. The molecular weight excluding hydrogens is 598 g/mol. The fourth-order valence-electron chi connectivity index (χ4n) is 6.28. The number of hydrogen-bond acceptors (Lipinski definition) is 9. The molecule has 2 aromatic carbocycles. The molecule has 13 heteroatoms. The molecule has 0 bridgehead atoms. The lowest BCUT2D eigenvalue weighted by atomic mass is 9.92. The van der Waals surface area contributed by atoms with Crippen molar-refractivity contribution in [1.29, 1.82) is 0 Å². The first-order valence-corrected chi connectivity index (χ1v) is 15.6. The maximum Gasteiger partial charge on any atom is 0.304 e. The Bertz CT molecular complexity index is 1750. The highest BCUT2D eigenvalue weighted by Crippen LogP contribution is 2.32. The lowest BCUT2D eigenvalue weighted by Gasteiger charge is -2.32. The van der Waals surface area contributed by atoms with E-state index in [0.717, 1.165) is 34.4 Å². The Balaban J connectivity index is 1.26. The number of halogens is 2. The minimum Gasteiger partial charge on any atom is -0.382 e. The molecule has 0 amide bonds. The number of oxime groups is 1. The van der Waals surface area contributed by atoms with Crippen LogP contribution in [0.15, 0.2) is 64.8 Å². The first-order valence-electron chi connectivity index (χ1n) is 15.6. The Morgan fingerprint density at radius 1 is 1.07 bits per heavy atom. The Morgan fingerprint density at radius 3 is 2.43 bits per heavy atom. The van der Waals surface area contributed by atoms with Crippen molar-refractivity contribution >= 4 is 11.6 Å². The largest absolute Gasteiger partial charge is 0.382 e. The monoisotopic (exact) mass is 636 g/mol. The molecule has 2 aliphatic rings. The number of aryl methyl sites for hydroxylation is 1. The van der Waals surface area contributed by atoms with Gasteiger partial charge >= 0.3 is 6.41 Å². The topological polar surface area (TPSA) is 136 Å². The Labute approximate surface area is 264 Å². The number of alkyl halides is 2. The molecule has 0 spiro atoms. The standard InChI is InChI=1S/C33H38F2N6O5/c1-2-5-28-27(16-21-8-10-22(11-9-21)25-6-3-4-7-26(25)29-38-32(43)46-39-29)30(42)40(31-36-20-37-41(28)31)23-12-14-24(15-13-23)45-19-33(44,17-34)18-35/h3-4,6-11,20,23-24,32,43-44H,2,5,12-19H2,1H3,(H,38,39)/t23-,24-,32?. The van der Waals surface area contributed by atoms with Gasteiger partial charge in [-0.1, -0.05) is 67.0 Å². The van der Waals surface area contributed by atoms with Crippen LogP contribution in [0.5, 0.6) is 0 Å². The maximum absolute atomic E-state index is 14.3. The van der Waals surface area contributed by atoms with Crippen LogP contribution in [-0.4, -0.2) is 73.3 Å². The van der Waals surface area contributed by atoms with Crippen LogP contribution in [0.4, 0.5) is 8.78 Å². The molecule has 3 heterocycles. The number of aromatic nitrogens is 4. The molecule has 1 atom stereocenters. The molecule has 11 nitrogen and oxygen atoms in total. The van der Waals surface area contributed by atoms with Crippen LogP contribution in [-0.2, 0) is 22.4 Å². The highest BCUT2D eigenvalue weighted by Gasteiger charge is 2.32. The smallest absolute Gasteiger partial charge is 0.304 e. The number of amidine groups is 1. The first kappa shape index (κ1) is 31.8. The van der Waals surface area contributed by atoms with Gasteiger partial charge in [0.1, 0.15) is 25.3 Å². The van der Waals surface area contributed by atoms with Gasteiger partial charge in [-0.3, -0.25) is 9.36 Å². The van der Waals surface area contributed by atoms with E-state index in [1.165, 1.54) is 6.33 Å². The van der Waals surface area contributed by atoms with E-state index in [0.29, 0.717) is 55.7 Å². The predicted octanol–water partition coefficient (Wildman–Crippen LogP) is 3.83. The van der Waals surface area contributed by atoms with Gasteiger partial charge in [0.05, 0.1) is 18.4 Å². The summed E-state index contributed by atoms with van der Waals surface area (Å²) in [6.07, 6.45) is 4.29. The van der Waals surface area contributed by atoms with Crippen molar-refractivity contribution in [2.75, 3.05) is 20.0 Å². The Kier molecular flexibility index (Phi) is 9.43. The molecule has 244 valence electrons. The number of aliphatic hydroxyl groups excluding tert-OH is 1. The SMILES string of the molecule is CCCc1c(Cc2ccc(-c3ccccc3C3=NOC(O)N3)cc2)c(=O)n([C@H]2CC[C@H](OCC(O)(CF)CF)CC2)c2ncnn12. The van der Waals surface area contributed by atoms with E-state index < -0.39 is 32.0 Å². The molecule has 3 N–H and O–H groups in total. The summed E-state index contributed by atoms with van der Waals surface area (Å²) in [6.45, 7) is -0.773. The highest BCUT2D eigenvalue weighted by atomic mass is 19.1. The molecule has 0 radical (unpaired) electrons. The van der Waals surface area contributed by atoms with Gasteiger partial charge in [0.25, 0.3) is 5.56 Å². The van der Waals surface area contributed by atoms with E-state index in [2.05, 4.69) is 27.5 Å². The first-order chi connectivity index (χ1) is 22.3. The summed E-state index contributed by atoms with van der Waals surface area (Å²) >= 11 is 0. The molecule has 46 heavy (non-hydrogen) atoms. The molecule has 1 unspecified atom stereocenters. The van der Waals surface area contributed by atoms with Crippen LogP contribution in [0.1, 0.15) is 67.5 Å². The quantitative estimate of drug-likeness (QED) is 0.214.